The molecule has 28 heavy (non-hydrogen) atoms. The van der Waals surface area contributed by atoms with Crippen LogP contribution in [0.15, 0.2) is 30.7 Å². The number of hydrogen-bond acceptors (Lipinski definition) is 6. The quantitative estimate of drug-likeness (QED) is 0.715. The molecule has 0 amide bonds. The topological polar surface area (TPSA) is 66.8 Å². The van der Waals surface area contributed by atoms with Crippen molar-refractivity contribution in [3.8, 4) is 11.3 Å². The van der Waals surface area contributed by atoms with Gasteiger partial charge in [-0.2, -0.15) is 0 Å². The lowest BCUT2D eigenvalue weighted by Gasteiger charge is -2.29. The summed E-state index contributed by atoms with van der Waals surface area (Å²) >= 11 is 6.46. The van der Waals surface area contributed by atoms with Gasteiger partial charge < -0.3 is 10.2 Å². The first-order chi connectivity index (χ1) is 13.5. The van der Waals surface area contributed by atoms with E-state index in [4.69, 9.17) is 11.6 Å². The second kappa shape index (κ2) is 7.72. The lowest BCUT2D eigenvalue weighted by atomic mass is 10.0. The Bertz CT molecular complexity index is 1020. The van der Waals surface area contributed by atoms with Crippen molar-refractivity contribution >= 4 is 23.4 Å². The number of hydrogen-bond donors (Lipinski definition) is 1. The summed E-state index contributed by atoms with van der Waals surface area (Å²) in [6.45, 7) is 8.54. The van der Waals surface area contributed by atoms with Crippen molar-refractivity contribution in [2.75, 3.05) is 23.3 Å². The summed E-state index contributed by atoms with van der Waals surface area (Å²) in [6, 6.07) is 4.15. The highest BCUT2D eigenvalue weighted by molar-refractivity contribution is 6.33. The van der Waals surface area contributed by atoms with Gasteiger partial charge in [-0.25, -0.2) is 15.0 Å². The Balaban J connectivity index is 1.64. The Morgan fingerprint density at radius 2 is 1.96 bits per heavy atom. The summed E-state index contributed by atoms with van der Waals surface area (Å²) in [5, 5.41) is 3.78. The second-order valence-corrected chi connectivity index (χ2v) is 7.48. The molecule has 144 valence electrons. The van der Waals surface area contributed by atoms with Gasteiger partial charge in [-0.3, -0.25) is 4.98 Å². The van der Waals surface area contributed by atoms with E-state index in [9.17, 15) is 0 Å². The molecular formula is C21H23ClN6. The monoisotopic (exact) mass is 394 g/mol. The number of pyridine rings is 2. The van der Waals surface area contributed by atoms with Crippen LogP contribution in [0.3, 0.4) is 0 Å². The molecule has 0 spiro atoms. The molecule has 4 heterocycles. The normalized spacial score (nSPS) is 13.4. The fourth-order valence-corrected chi connectivity index (χ4v) is 3.73. The number of rotatable bonds is 4. The summed E-state index contributed by atoms with van der Waals surface area (Å²) < 4.78 is 0. The zero-order valence-corrected chi connectivity index (χ0v) is 17.1. The van der Waals surface area contributed by atoms with Crippen molar-refractivity contribution in [3.05, 3.63) is 58.1 Å². The molecular weight excluding hydrogens is 372 g/mol. The maximum absolute atomic E-state index is 6.46. The summed E-state index contributed by atoms with van der Waals surface area (Å²) in [7, 11) is 0. The van der Waals surface area contributed by atoms with E-state index < -0.39 is 0 Å². The smallest absolute Gasteiger partial charge is 0.222 e. The van der Waals surface area contributed by atoms with Crippen LogP contribution in [0.4, 0.5) is 11.8 Å². The predicted molar refractivity (Wildman–Crippen MR) is 113 cm³/mol. The van der Waals surface area contributed by atoms with E-state index in [0.29, 0.717) is 11.0 Å². The van der Waals surface area contributed by atoms with E-state index in [1.54, 1.807) is 6.20 Å². The number of aromatic nitrogens is 4. The van der Waals surface area contributed by atoms with Gasteiger partial charge in [0.2, 0.25) is 5.95 Å². The molecule has 0 aromatic carbocycles. The first kappa shape index (κ1) is 18.6. The Labute approximate surface area is 170 Å². The van der Waals surface area contributed by atoms with Crippen molar-refractivity contribution in [1.82, 2.24) is 19.9 Å². The zero-order valence-electron chi connectivity index (χ0n) is 16.3. The largest absolute Gasteiger partial charge is 0.354 e. The van der Waals surface area contributed by atoms with Crippen LogP contribution in [0, 0.1) is 13.8 Å². The van der Waals surface area contributed by atoms with E-state index in [1.165, 1.54) is 0 Å². The fraction of sp³-hybridized carbons (Fsp3) is 0.333. The van der Waals surface area contributed by atoms with Crippen LogP contribution in [0.25, 0.3) is 11.3 Å². The highest BCUT2D eigenvalue weighted by atomic mass is 35.5. The predicted octanol–water partition coefficient (Wildman–Crippen LogP) is 4.20. The molecule has 0 saturated heterocycles. The average Bonchev–Trinajstić information content (AvgIpc) is 2.69. The zero-order chi connectivity index (χ0) is 19.7. The Morgan fingerprint density at radius 1 is 1.11 bits per heavy atom. The van der Waals surface area contributed by atoms with E-state index in [1.807, 2.05) is 32.3 Å². The van der Waals surface area contributed by atoms with Gasteiger partial charge in [0.05, 0.1) is 16.4 Å². The molecule has 7 heteroatoms. The molecule has 0 saturated carbocycles. The van der Waals surface area contributed by atoms with E-state index in [0.717, 1.165) is 65.5 Å². The van der Waals surface area contributed by atoms with Gasteiger partial charge in [0.15, 0.2) is 0 Å². The maximum atomic E-state index is 6.46. The molecule has 4 rings (SSSR count). The SMILES string of the molecule is CCNc1ncc2c(n1)CCN(c1cc(-c3ncc(C)cc3C)c(Cl)cn1)C2. The van der Waals surface area contributed by atoms with Gasteiger partial charge in [0, 0.05) is 55.8 Å². The molecule has 3 aromatic rings. The van der Waals surface area contributed by atoms with E-state index >= 15 is 0 Å². The minimum Gasteiger partial charge on any atom is -0.354 e. The van der Waals surface area contributed by atoms with Gasteiger partial charge in [-0.15, -0.1) is 0 Å². The number of nitrogens with zero attached hydrogens (tertiary/aromatic N) is 5. The van der Waals surface area contributed by atoms with Crippen LogP contribution in [0.1, 0.15) is 29.3 Å². The first-order valence-electron chi connectivity index (χ1n) is 9.48. The Morgan fingerprint density at radius 3 is 2.75 bits per heavy atom. The standard InChI is InChI=1S/C21H23ClN6/c1-4-23-21-26-10-15-12-28(6-5-18(15)27-21)19-8-16(17(22)11-24-19)20-14(3)7-13(2)9-25-20/h7-11H,4-6,12H2,1-3H3,(H,23,26,27). The summed E-state index contributed by atoms with van der Waals surface area (Å²) in [4.78, 5) is 20.4. The molecule has 1 N–H and O–H groups in total. The number of anilines is 2. The number of nitrogens with one attached hydrogen (secondary N) is 1. The molecule has 3 aromatic heterocycles. The van der Waals surface area contributed by atoms with E-state index in [-0.39, 0.29) is 0 Å². The Kier molecular flexibility index (Phi) is 5.13. The van der Waals surface area contributed by atoms with Crippen molar-refractivity contribution in [1.29, 1.82) is 0 Å². The second-order valence-electron chi connectivity index (χ2n) is 7.07. The first-order valence-corrected chi connectivity index (χ1v) is 9.85. The number of halogens is 1. The lowest BCUT2D eigenvalue weighted by Crippen LogP contribution is -2.32. The maximum Gasteiger partial charge on any atom is 0.222 e. The van der Waals surface area contributed by atoms with Gasteiger partial charge in [0.25, 0.3) is 0 Å². The van der Waals surface area contributed by atoms with Gasteiger partial charge in [0.1, 0.15) is 5.82 Å². The third-order valence-electron chi connectivity index (χ3n) is 4.90. The van der Waals surface area contributed by atoms with Crippen LogP contribution < -0.4 is 10.2 Å². The van der Waals surface area contributed by atoms with E-state index in [2.05, 4.69) is 43.1 Å². The van der Waals surface area contributed by atoms with Crippen LogP contribution in [-0.4, -0.2) is 33.0 Å². The van der Waals surface area contributed by atoms with Crippen molar-refractivity contribution in [2.45, 2.75) is 33.7 Å². The molecule has 0 atom stereocenters. The molecule has 6 nitrogen and oxygen atoms in total. The van der Waals surface area contributed by atoms with Gasteiger partial charge in [-0.05, 0) is 38.0 Å². The van der Waals surface area contributed by atoms with Crippen molar-refractivity contribution in [3.63, 3.8) is 0 Å². The summed E-state index contributed by atoms with van der Waals surface area (Å²) in [5.41, 5.74) is 6.29. The van der Waals surface area contributed by atoms with Crippen LogP contribution >= 0.6 is 11.6 Å². The Hall–Kier alpha value is -2.73. The molecule has 1 aliphatic rings. The minimum atomic E-state index is 0.610. The van der Waals surface area contributed by atoms with Crippen LogP contribution in [0.2, 0.25) is 5.02 Å². The highest BCUT2D eigenvalue weighted by Gasteiger charge is 2.21. The molecule has 1 aliphatic heterocycles. The average molecular weight is 395 g/mol. The van der Waals surface area contributed by atoms with Crippen molar-refractivity contribution < 1.29 is 0 Å². The van der Waals surface area contributed by atoms with Crippen molar-refractivity contribution in [2.24, 2.45) is 0 Å². The minimum absolute atomic E-state index is 0.610. The molecule has 0 fully saturated rings. The third kappa shape index (κ3) is 3.64. The fourth-order valence-electron chi connectivity index (χ4n) is 3.53. The van der Waals surface area contributed by atoms with Crippen LogP contribution in [-0.2, 0) is 13.0 Å². The number of fused-ring (bicyclic) bond motifs is 1. The summed E-state index contributed by atoms with van der Waals surface area (Å²) in [6.07, 6.45) is 6.36. The molecule has 0 bridgehead atoms. The number of aryl methyl sites for hydroxylation is 2. The lowest BCUT2D eigenvalue weighted by molar-refractivity contribution is 0.697. The van der Waals surface area contributed by atoms with Gasteiger partial charge in [-0.1, -0.05) is 17.7 Å². The highest BCUT2D eigenvalue weighted by Crippen LogP contribution is 2.32. The molecule has 0 aliphatic carbocycles. The molecule has 0 unspecified atom stereocenters. The van der Waals surface area contributed by atoms with Crippen LogP contribution in [0.5, 0.6) is 0 Å². The third-order valence-corrected chi connectivity index (χ3v) is 5.21. The van der Waals surface area contributed by atoms with Gasteiger partial charge >= 0.3 is 0 Å². The summed E-state index contributed by atoms with van der Waals surface area (Å²) in [5.74, 6) is 1.59. The molecule has 0 radical (unpaired) electrons.